The molecule has 0 bridgehead atoms. The van der Waals surface area contributed by atoms with Crippen LogP contribution in [0.1, 0.15) is 37.3 Å². The van der Waals surface area contributed by atoms with E-state index in [9.17, 15) is 0 Å². The lowest BCUT2D eigenvalue weighted by Crippen LogP contribution is -2.37. The number of methoxy groups -OCH3 is 1. The highest BCUT2D eigenvalue weighted by molar-refractivity contribution is 5.36. The van der Waals surface area contributed by atoms with Crippen LogP contribution in [0, 0.1) is 5.92 Å². The summed E-state index contributed by atoms with van der Waals surface area (Å²) in [5.74, 6) is 1.88. The van der Waals surface area contributed by atoms with Gasteiger partial charge in [0.2, 0.25) is 0 Å². The predicted octanol–water partition coefficient (Wildman–Crippen LogP) is 2.57. The normalized spacial score (nSPS) is 20.6. The van der Waals surface area contributed by atoms with Crippen LogP contribution in [0.25, 0.3) is 0 Å². The Morgan fingerprint density at radius 3 is 2.58 bits per heavy atom. The summed E-state index contributed by atoms with van der Waals surface area (Å²) < 4.78 is 5.52. The van der Waals surface area contributed by atoms with Crippen molar-refractivity contribution in [2.24, 2.45) is 11.7 Å². The summed E-state index contributed by atoms with van der Waals surface area (Å²) in [6, 6.07) is 9.38. The van der Waals surface area contributed by atoms with Gasteiger partial charge in [-0.15, -0.1) is 0 Å². The van der Waals surface area contributed by atoms with Gasteiger partial charge in [0.1, 0.15) is 5.75 Å². The molecule has 19 heavy (non-hydrogen) atoms. The van der Waals surface area contributed by atoms with Crippen LogP contribution in [-0.4, -0.2) is 31.1 Å². The van der Waals surface area contributed by atoms with Crippen LogP contribution < -0.4 is 10.5 Å². The molecule has 104 valence electrons. The number of hydrogen-bond acceptors (Lipinski definition) is 3. The standard InChI is InChI=1S/C16H24N2O/c1-19-16-5-3-2-4-14(16)15(10-17)18(13-8-9-13)11-12-6-7-12/h2-5,12-13,15H,6-11,17H2,1H3. The first-order valence-corrected chi connectivity index (χ1v) is 7.42. The van der Waals surface area contributed by atoms with Gasteiger partial charge < -0.3 is 10.5 Å². The predicted molar refractivity (Wildman–Crippen MR) is 77.2 cm³/mol. The van der Waals surface area contributed by atoms with Crippen molar-refractivity contribution in [1.29, 1.82) is 0 Å². The van der Waals surface area contributed by atoms with Crippen molar-refractivity contribution in [2.45, 2.75) is 37.8 Å². The average molecular weight is 260 g/mol. The first-order valence-electron chi connectivity index (χ1n) is 7.42. The molecule has 1 atom stereocenters. The minimum Gasteiger partial charge on any atom is -0.496 e. The number of hydrogen-bond donors (Lipinski definition) is 1. The molecule has 3 nitrogen and oxygen atoms in total. The second-order valence-corrected chi connectivity index (χ2v) is 5.86. The van der Waals surface area contributed by atoms with Gasteiger partial charge in [-0.05, 0) is 37.7 Å². The summed E-state index contributed by atoms with van der Waals surface area (Å²) in [6.07, 6.45) is 5.45. The molecule has 0 spiro atoms. The maximum Gasteiger partial charge on any atom is 0.123 e. The zero-order chi connectivity index (χ0) is 13.2. The Morgan fingerprint density at radius 1 is 1.26 bits per heavy atom. The van der Waals surface area contributed by atoms with Crippen molar-refractivity contribution in [2.75, 3.05) is 20.2 Å². The van der Waals surface area contributed by atoms with Crippen LogP contribution in [0.3, 0.4) is 0 Å². The van der Waals surface area contributed by atoms with Crippen molar-refractivity contribution < 1.29 is 4.74 Å². The highest BCUT2D eigenvalue weighted by atomic mass is 16.5. The van der Waals surface area contributed by atoms with Crippen LogP contribution in [-0.2, 0) is 0 Å². The van der Waals surface area contributed by atoms with Crippen LogP contribution in [0.2, 0.25) is 0 Å². The summed E-state index contributed by atoms with van der Waals surface area (Å²) in [4.78, 5) is 2.63. The van der Waals surface area contributed by atoms with E-state index in [-0.39, 0.29) is 0 Å². The second-order valence-electron chi connectivity index (χ2n) is 5.86. The van der Waals surface area contributed by atoms with Crippen LogP contribution >= 0.6 is 0 Å². The van der Waals surface area contributed by atoms with Crippen LogP contribution in [0.5, 0.6) is 5.75 Å². The van der Waals surface area contributed by atoms with E-state index < -0.39 is 0 Å². The highest BCUT2D eigenvalue weighted by Crippen LogP contribution is 2.40. The maximum absolute atomic E-state index is 6.09. The number of nitrogens with two attached hydrogens (primary N) is 1. The molecule has 0 aliphatic heterocycles. The Balaban J connectivity index is 1.83. The van der Waals surface area contributed by atoms with Crippen molar-refractivity contribution in [3.05, 3.63) is 29.8 Å². The highest BCUT2D eigenvalue weighted by Gasteiger charge is 2.38. The van der Waals surface area contributed by atoms with Gasteiger partial charge in [-0.2, -0.15) is 0 Å². The van der Waals surface area contributed by atoms with Crippen molar-refractivity contribution >= 4 is 0 Å². The van der Waals surface area contributed by atoms with Gasteiger partial charge in [0.25, 0.3) is 0 Å². The topological polar surface area (TPSA) is 38.5 Å². The molecular formula is C16H24N2O. The summed E-state index contributed by atoms with van der Waals surface area (Å²) in [7, 11) is 1.74. The van der Waals surface area contributed by atoms with Gasteiger partial charge in [0.15, 0.2) is 0 Å². The van der Waals surface area contributed by atoms with E-state index in [1.54, 1.807) is 7.11 Å². The molecule has 0 amide bonds. The molecule has 1 unspecified atom stereocenters. The van der Waals surface area contributed by atoms with E-state index in [4.69, 9.17) is 10.5 Å². The van der Waals surface area contributed by atoms with Crippen molar-refractivity contribution in [3.63, 3.8) is 0 Å². The molecular weight excluding hydrogens is 236 g/mol. The molecule has 2 aliphatic carbocycles. The molecule has 2 N–H and O–H groups in total. The van der Waals surface area contributed by atoms with E-state index in [0.717, 1.165) is 17.7 Å². The molecule has 3 heteroatoms. The largest absolute Gasteiger partial charge is 0.496 e. The second kappa shape index (κ2) is 5.51. The Kier molecular flexibility index (Phi) is 3.76. The van der Waals surface area contributed by atoms with Gasteiger partial charge in [-0.25, -0.2) is 0 Å². The number of para-hydroxylation sites is 1. The third-order valence-electron chi connectivity index (χ3n) is 4.30. The third kappa shape index (κ3) is 2.93. The third-order valence-corrected chi connectivity index (χ3v) is 4.30. The first-order chi connectivity index (χ1) is 9.33. The lowest BCUT2D eigenvalue weighted by atomic mass is 10.0. The Bertz CT molecular complexity index is 427. The Morgan fingerprint density at radius 2 is 2.00 bits per heavy atom. The van der Waals surface area contributed by atoms with Gasteiger partial charge in [0, 0.05) is 24.7 Å². The molecule has 2 aliphatic rings. The molecule has 0 heterocycles. The summed E-state index contributed by atoms with van der Waals surface area (Å²) in [5, 5.41) is 0. The van der Waals surface area contributed by atoms with Crippen LogP contribution in [0.15, 0.2) is 24.3 Å². The van der Waals surface area contributed by atoms with Crippen LogP contribution in [0.4, 0.5) is 0 Å². The van der Waals surface area contributed by atoms with Gasteiger partial charge in [-0.3, -0.25) is 4.90 Å². The first kappa shape index (κ1) is 12.9. The van der Waals surface area contributed by atoms with Gasteiger partial charge in [-0.1, -0.05) is 18.2 Å². The smallest absolute Gasteiger partial charge is 0.123 e. The lowest BCUT2D eigenvalue weighted by Gasteiger charge is -2.32. The van der Waals surface area contributed by atoms with E-state index in [0.29, 0.717) is 12.6 Å². The van der Waals surface area contributed by atoms with E-state index in [2.05, 4.69) is 17.0 Å². The summed E-state index contributed by atoms with van der Waals surface area (Å²) in [5.41, 5.74) is 7.34. The molecule has 2 fully saturated rings. The van der Waals surface area contributed by atoms with Gasteiger partial charge in [0.05, 0.1) is 13.2 Å². The molecule has 0 radical (unpaired) electrons. The van der Waals surface area contributed by atoms with Gasteiger partial charge >= 0.3 is 0 Å². The number of rotatable bonds is 7. The zero-order valence-corrected chi connectivity index (χ0v) is 11.7. The number of ether oxygens (including phenoxy) is 1. The van der Waals surface area contributed by atoms with Crippen molar-refractivity contribution in [3.8, 4) is 5.75 Å². The summed E-state index contributed by atoms with van der Waals surface area (Å²) >= 11 is 0. The quantitative estimate of drug-likeness (QED) is 0.819. The molecule has 3 rings (SSSR count). The number of benzene rings is 1. The Labute approximate surface area is 115 Å². The fourth-order valence-electron chi connectivity index (χ4n) is 2.92. The zero-order valence-electron chi connectivity index (χ0n) is 11.7. The number of nitrogens with zero attached hydrogens (tertiary/aromatic N) is 1. The maximum atomic E-state index is 6.09. The molecule has 1 aromatic carbocycles. The Hall–Kier alpha value is -1.06. The average Bonchev–Trinajstić information content (AvgIpc) is 3.31. The van der Waals surface area contributed by atoms with E-state index in [1.165, 1.54) is 37.8 Å². The van der Waals surface area contributed by atoms with E-state index in [1.807, 2.05) is 12.1 Å². The summed E-state index contributed by atoms with van der Waals surface area (Å²) in [6.45, 7) is 1.88. The monoisotopic (exact) mass is 260 g/mol. The fraction of sp³-hybridized carbons (Fsp3) is 0.625. The molecule has 0 aromatic heterocycles. The minimum absolute atomic E-state index is 0.309. The minimum atomic E-state index is 0.309. The molecule has 1 aromatic rings. The van der Waals surface area contributed by atoms with Crippen molar-refractivity contribution in [1.82, 2.24) is 4.90 Å². The van der Waals surface area contributed by atoms with E-state index >= 15 is 0 Å². The fourth-order valence-corrected chi connectivity index (χ4v) is 2.92. The molecule has 2 saturated carbocycles. The lowest BCUT2D eigenvalue weighted by molar-refractivity contribution is 0.179. The molecule has 0 saturated heterocycles. The SMILES string of the molecule is COc1ccccc1C(CN)N(CC1CC1)C1CC1.